The molecule has 1 atom stereocenters. The number of amides is 1. The lowest BCUT2D eigenvalue weighted by Gasteiger charge is -2.24. The van der Waals surface area contributed by atoms with Gasteiger partial charge in [-0.05, 0) is 25.0 Å². The van der Waals surface area contributed by atoms with Gasteiger partial charge in [0.1, 0.15) is 0 Å². The maximum absolute atomic E-state index is 12.4. The molecule has 0 bridgehead atoms. The van der Waals surface area contributed by atoms with Gasteiger partial charge in [0.25, 0.3) is 0 Å². The molecule has 0 spiro atoms. The Morgan fingerprint density at radius 2 is 1.72 bits per heavy atom. The Kier molecular flexibility index (Phi) is 12.3. The maximum atomic E-state index is 12.4. The summed E-state index contributed by atoms with van der Waals surface area (Å²) in [4.78, 5) is 34.0. The van der Waals surface area contributed by atoms with Crippen molar-refractivity contribution >= 4 is 29.4 Å². The highest BCUT2D eigenvalue weighted by Gasteiger charge is 2.29. The number of nitrogens with one attached hydrogen (secondary N) is 1. The number of ketones is 1. The molecule has 0 rings (SSSR count). The van der Waals surface area contributed by atoms with E-state index in [1.165, 1.54) is 6.92 Å². The average molecular weight is 372 g/mol. The smallest absolute Gasteiger partial charge is 0.307 e. The largest absolute Gasteiger partial charge is 0.481 e. The van der Waals surface area contributed by atoms with E-state index in [0.29, 0.717) is 5.75 Å². The van der Waals surface area contributed by atoms with Crippen molar-refractivity contribution in [2.45, 2.75) is 72.3 Å². The molecule has 0 saturated heterocycles. The molecule has 6 heteroatoms. The molecule has 0 aliphatic heterocycles. The van der Waals surface area contributed by atoms with Crippen molar-refractivity contribution in [1.82, 2.24) is 5.32 Å². The molecule has 144 valence electrons. The number of allylic oxidation sites excluding steroid dienone is 1. The predicted molar refractivity (Wildman–Crippen MR) is 104 cm³/mol. The van der Waals surface area contributed by atoms with E-state index in [0.717, 1.165) is 37.9 Å². The van der Waals surface area contributed by atoms with Crippen LogP contribution in [0.2, 0.25) is 0 Å². The molecule has 2 N–H and O–H groups in total. The highest BCUT2D eigenvalue weighted by Crippen LogP contribution is 2.19. The third-order valence-electron chi connectivity index (χ3n) is 3.59. The van der Waals surface area contributed by atoms with E-state index in [9.17, 15) is 14.4 Å². The third kappa shape index (κ3) is 13.6. The summed E-state index contributed by atoms with van der Waals surface area (Å²) in [5.41, 5.74) is -0.457. The standard InChI is InChI=1S/C19H33NO4S/c1-15(21)20-16(18(24)19(2,3)4)14-25-13-11-9-7-5-6-8-10-12-17(22)23/h8,10,16H,5-7,9,11-14H2,1-4H3,(H,20,21)(H,22,23)/b10-8-/t16-/m1/s1. The van der Waals surface area contributed by atoms with Crippen LogP contribution in [0.25, 0.3) is 0 Å². The van der Waals surface area contributed by atoms with Gasteiger partial charge >= 0.3 is 5.97 Å². The summed E-state index contributed by atoms with van der Waals surface area (Å²) in [6.45, 7) is 7.07. The van der Waals surface area contributed by atoms with Crippen LogP contribution in [-0.4, -0.2) is 40.3 Å². The molecule has 0 aromatic carbocycles. The number of Topliss-reactive ketones (excluding diaryl/α,β-unsaturated/α-hetero) is 1. The van der Waals surface area contributed by atoms with Crippen molar-refractivity contribution in [2.75, 3.05) is 11.5 Å². The number of hydrogen-bond donors (Lipinski definition) is 2. The Bertz CT molecular complexity index is 455. The van der Waals surface area contributed by atoms with Gasteiger partial charge in [-0.2, -0.15) is 11.8 Å². The molecule has 0 saturated carbocycles. The van der Waals surface area contributed by atoms with Crippen molar-refractivity contribution in [1.29, 1.82) is 0 Å². The van der Waals surface area contributed by atoms with Crippen molar-refractivity contribution < 1.29 is 19.5 Å². The number of carboxylic acid groups (broad SMARTS) is 1. The second kappa shape index (κ2) is 13.0. The van der Waals surface area contributed by atoms with Crippen molar-refractivity contribution in [3.05, 3.63) is 12.2 Å². The number of unbranched alkanes of at least 4 members (excludes halogenated alkanes) is 4. The lowest BCUT2D eigenvalue weighted by molar-refractivity contribution is -0.136. The van der Waals surface area contributed by atoms with E-state index in [1.807, 2.05) is 26.8 Å². The molecular formula is C19H33NO4S. The molecule has 5 nitrogen and oxygen atoms in total. The predicted octanol–water partition coefficient (Wildman–Crippen LogP) is 3.82. The van der Waals surface area contributed by atoms with Crippen molar-refractivity contribution in [2.24, 2.45) is 5.41 Å². The minimum Gasteiger partial charge on any atom is -0.481 e. The first-order valence-electron chi connectivity index (χ1n) is 8.90. The number of carboxylic acids is 1. The summed E-state index contributed by atoms with van der Waals surface area (Å²) in [5.74, 6) is 0.703. The van der Waals surface area contributed by atoms with Crippen LogP contribution < -0.4 is 5.32 Å². The fourth-order valence-electron chi connectivity index (χ4n) is 2.27. The summed E-state index contributed by atoms with van der Waals surface area (Å²) >= 11 is 1.71. The lowest BCUT2D eigenvalue weighted by atomic mass is 9.87. The molecule has 1 amide bonds. The van der Waals surface area contributed by atoms with Gasteiger partial charge in [-0.25, -0.2) is 0 Å². The van der Waals surface area contributed by atoms with Gasteiger partial charge < -0.3 is 10.4 Å². The molecule has 25 heavy (non-hydrogen) atoms. The zero-order valence-electron chi connectivity index (χ0n) is 16.0. The molecule has 0 heterocycles. The van der Waals surface area contributed by atoms with Crippen LogP contribution in [0.3, 0.4) is 0 Å². The molecule has 0 aliphatic rings. The number of thioether (sulfide) groups is 1. The summed E-state index contributed by atoms with van der Waals surface area (Å²) in [7, 11) is 0. The molecule has 0 unspecified atom stereocenters. The monoisotopic (exact) mass is 371 g/mol. The van der Waals surface area contributed by atoms with Crippen LogP contribution >= 0.6 is 11.8 Å². The zero-order valence-corrected chi connectivity index (χ0v) is 16.8. The number of hydrogen-bond acceptors (Lipinski definition) is 4. The van der Waals surface area contributed by atoms with E-state index in [2.05, 4.69) is 5.32 Å². The topological polar surface area (TPSA) is 83.5 Å². The summed E-state index contributed by atoms with van der Waals surface area (Å²) < 4.78 is 0. The zero-order chi connectivity index (χ0) is 19.3. The lowest BCUT2D eigenvalue weighted by Crippen LogP contribution is -2.46. The first-order valence-corrected chi connectivity index (χ1v) is 10.1. The van der Waals surface area contributed by atoms with Crippen molar-refractivity contribution in [3.63, 3.8) is 0 Å². The molecule has 0 aromatic heterocycles. The van der Waals surface area contributed by atoms with Crippen LogP contribution in [0.1, 0.15) is 66.2 Å². The van der Waals surface area contributed by atoms with E-state index < -0.39 is 17.4 Å². The van der Waals surface area contributed by atoms with Crippen molar-refractivity contribution in [3.8, 4) is 0 Å². The Balaban J connectivity index is 3.85. The third-order valence-corrected chi connectivity index (χ3v) is 4.73. The van der Waals surface area contributed by atoms with Gasteiger partial charge in [0.05, 0.1) is 12.5 Å². The number of carbonyl (C=O) groups is 3. The van der Waals surface area contributed by atoms with Crippen LogP contribution in [0.5, 0.6) is 0 Å². The first-order chi connectivity index (χ1) is 11.6. The number of rotatable bonds is 13. The number of aliphatic carboxylic acids is 1. The van der Waals surface area contributed by atoms with E-state index >= 15 is 0 Å². The van der Waals surface area contributed by atoms with Gasteiger partial charge in [0, 0.05) is 18.1 Å². The normalized spacial score (nSPS) is 13.0. The average Bonchev–Trinajstić information content (AvgIpc) is 2.49. The summed E-state index contributed by atoms with van der Waals surface area (Å²) in [5, 5.41) is 11.3. The molecular weight excluding hydrogens is 338 g/mol. The molecule has 0 radical (unpaired) electrons. The van der Waals surface area contributed by atoms with Gasteiger partial charge in [0.15, 0.2) is 5.78 Å². The highest BCUT2D eigenvalue weighted by molar-refractivity contribution is 7.99. The fraction of sp³-hybridized carbons (Fsp3) is 0.737. The van der Waals surface area contributed by atoms with Gasteiger partial charge in [-0.3, -0.25) is 14.4 Å². The number of carbonyl (C=O) groups excluding carboxylic acids is 2. The minimum atomic E-state index is -0.796. The highest BCUT2D eigenvalue weighted by atomic mass is 32.2. The molecule has 0 aromatic rings. The Hall–Kier alpha value is -1.30. The quantitative estimate of drug-likeness (QED) is 0.380. The van der Waals surface area contributed by atoms with E-state index in [-0.39, 0.29) is 18.1 Å². The molecule has 0 aliphatic carbocycles. The van der Waals surface area contributed by atoms with Crippen LogP contribution in [0.15, 0.2) is 12.2 Å². The Labute approximate surface area is 156 Å². The molecule has 0 fully saturated rings. The SMILES string of the molecule is CC(=O)N[C@H](CSCCCCCC/C=C\CC(=O)O)C(=O)C(C)(C)C. The van der Waals surface area contributed by atoms with E-state index in [1.54, 1.807) is 17.8 Å². The minimum absolute atomic E-state index is 0.0725. The van der Waals surface area contributed by atoms with Crippen LogP contribution in [0, 0.1) is 5.41 Å². The van der Waals surface area contributed by atoms with Crippen LogP contribution in [-0.2, 0) is 14.4 Å². The second-order valence-corrected chi connectivity index (χ2v) is 8.36. The van der Waals surface area contributed by atoms with Gasteiger partial charge in [0.2, 0.25) is 5.91 Å². The van der Waals surface area contributed by atoms with E-state index in [4.69, 9.17) is 5.11 Å². The summed E-state index contributed by atoms with van der Waals surface area (Å²) in [6, 6.07) is -0.415. The van der Waals surface area contributed by atoms with Gasteiger partial charge in [-0.15, -0.1) is 0 Å². The maximum Gasteiger partial charge on any atom is 0.307 e. The van der Waals surface area contributed by atoms with Crippen LogP contribution in [0.4, 0.5) is 0 Å². The second-order valence-electron chi connectivity index (χ2n) is 7.21. The van der Waals surface area contributed by atoms with Gasteiger partial charge in [-0.1, -0.05) is 45.8 Å². The Morgan fingerprint density at radius 3 is 2.28 bits per heavy atom. The summed E-state index contributed by atoms with van der Waals surface area (Å²) in [6.07, 6.45) is 9.04. The Morgan fingerprint density at radius 1 is 1.08 bits per heavy atom. The first kappa shape index (κ1) is 23.7. The fourth-order valence-corrected chi connectivity index (χ4v) is 3.32.